The van der Waals surface area contributed by atoms with E-state index in [9.17, 15) is 4.79 Å². The van der Waals surface area contributed by atoms with Crippen molar-refractivity contribution in [3.05, 3.63) is 59.3 Å². The Morgan fingerprint density at radius 1 is 1.07 bits per heavy atom. The molecule has 1 aliphatic rings. The third-order valence-corrected chi connectivity index (χ3v) is 5.63. The van der Waals surface area contributed by atoms with Crippen LogP contribution in [0.5, 0.6) is 0 Å². The maximum absolute atomic E-state index is 12.6. The van der Waals surface area contributed by atoms with Crippen LogP contribution in [0.1, 0.15) is 35.3 Å². The Morgan fingerprint density at radius 2 is 1.76 bits per heavy atom. The standard InChI is InChI=1S/C23H33N5O/c1-4-27(5-2)18-19-8-10-20(11-9-19)23(29)25-17-21-7-6-12-24-22(21)28-15-13-26(3)14-16-28/h6-12H,4-5,13-18H2,1-3H3,(H,25,29). The number of pyridine rings is 1. The van der Waals surface area contributed by atoms with Gasteiger partial charge in [0.15, 0.2) is 0 Å². The lowest BCUT2D eigenvalue weighted by Gasteiger charge is -2.34. The van der Waals surface area contributed by atoms with Crippen LogP contribution in [-0.4, -0.2) is 67.0 Å². The average Bonchev–Trinajstić information content (AvgIpc) is 2.77. The van der Waals surface area contributed by atoms with Crippen LogP contribution in [0.25, 0.3) is 0 Å². The lowest BCUT2D eigenvalue weighted by atomic mass is 10.1. The zero-order valence-electron chi connectivity index (χ0n) is 17.9. The van der Waals surface area contributed by atoms with Crippen LogP contribution in [0.2, 0.25) is 0 Å². The van der Waals surface area contributed by atoms with Gasteiger partial charge in [-0.15, -0.1) is 0 Å². The molecule has 0 atom stereocenters. The fourth-order valence-corrected chi connectivity index (χ4v) is 3.62. The average molecular weight is 396 g/mol. The first-order valence-corrected chi connectivity index (χ1v) is 10.6. The molecule has 29 heavy (non-hydrogen) atoms. The van der Waals surface area contributed by atoms with Crippen molar-refractivity contribution < 1.29 is 4.79 Å². The molecule has 0 unspecified atom stereocenters. The van der Waals surface area contributed by atoms with Crippen LogP contribution in [-0.2, 0) is 13.1 Å². The molecule has 6 heteroatoms. The predicted molar refractivity (Wildman–Crippen MR) is 118 cm³/mol. The SMILES string of the molecule is CCN(CC)Cc1ccc(C(=O)NCc2cccnc2N2CCN(C)CC2)cc1. The number of hydrogen-bond donors (Lipinski definition) is 1. The Kier molecular flexibility index (Phi) is 7.61. The van der Waals surface area contributed by atoms with Gasteiger partial charge in [-0.2, -0.15) is 0 Å². The summed E-state index contributed by atoms with van der Waals surface area (Å²) < 4.78 is 0. The second kappa shape index (κ2) is 10.4. The maximum atomic E-state index is 12.6. The van der Waals surface area contributed by atoms with Crippen LogP contribution in [0.4, 0.5) is 5.82 Å². The summed E-state index contributed by atoms with van der Waals surface area (Å²) in [5.74, 6) is 0.933. The number of carbonyl (C=O) groups is 1. The van der Waals surface area contributed by atoms with Crippen molar-refractivity contribution >= 4 is 11.7 Å². The molecule has 156 valence electrons. The highest BCUT2D eigenvalue weighted by molar-refractivity contribution is 5.94. The number of amides is 1. The normalized spacial score (nSPS) is 15.0. The number of benzene rings is 1. The van der Waals surface area contributed by atoms with Gasteiger partial charge >= 0.3 is 0 Å². The van der Waals surface area contributed by atoms with E-state index in [0.717, 1.165) is 57.2 Å². The smallest absolute Gasteiger partial charge is 0.251 e. The Labute approximate surface area is 174 Å². The number of likely N-dealkylation sites (N-methyl/N-ethyl adjacent to an activating group) is 1. The summed E-state index contributed by atoms with van der Waals surface area (Å²) in [7, 11) is 2.14. The molecule has 0 saturated carbocycles. The Hall–Kier alpha value is -2.44. The summed E-state index contributed by atoms with van der Waals surface area (Å²) in [6.07, 6.45) is 1.83. The lowest BCUT2D eigenvalue weighted by molar-refractivity contribution is 0.0951. The minimum absolute atomic E-state index is 0.0485. The Balaban J connectivity index is 1.59. The fraction of sp³-hybridized carbons (Fsp3) is 0.478. The van der Waals surface area contributed by atoms with E-state index in [2.05, 4.69) is 45.9 Å². The van der Waals surface area contributed by atoms with E-state index < -0.39 is 0 Å². The molecule has 6 nitrogen and oxygen atoms in total. The molecule has 0 radical (unpaired) electrons. The van der Waals surface area contributed by atoms with Crippen molar-refractivity contribution in [2.75, 3.05) is 51.2 Å². The van der Waals surface area contributed by atoms with Crippen molar-refractivity contribution in [2.45, 2.75) is 26.9 Å². The number of piperazine rings is 1. The molecule has 2 heterocycles. The molecule has 0 spiro atoms. The predicted octanol–water partition coefficient (Wildman–Crippen LogP) is 2.61. The second-order valence-corrected chi connectivity index (χ2v) is 7.62. The molecule has 0 aliphatic carbocycles. The third-order valence-electron chi connectivity index (χ3n) is 5.63. The molecule has 3 rings (SSSR count). The van der Waals surface area contributed by atoms with Crippen LogP contribution in [0, 0.1) is 0 Å². The molecule has 1 N–H and O–H groups in total. The molecule has 2 aromatic rings. The van der Waals surface area contributed by atoms with Crippen LogP contribution in [0.15, 0.2) is 42.6 Å². The first-order valence-electron chi connectivity index (χ1n) is 10.6. The van der Waals surface area contributed by atoms with E-state index in [1.807, 2.05) is 42.6 Å². The first kappa shape index (κ1) is 21.3. The van der Waals surface area contributed by atoms with Crippen molar-refractivity contribution in [2.24, 2.45) is 0 Å². The Morgan fingerprint density at radius 3 is 2.41 bits per heavy atom. The van der Waals surface area contributed by atoms with Gasteiger partial charge in [0.1, 0.15) is 5.82 Å². The van der Waals surface area contributed by atoms with Crippen LogP contribution < -0.4 is 10.2 Å². The van der Waals surface area contributed by atoms with Gasteiger partial charge in [0, 0.05) is 56.6 Å². The summed E-state index contributed by atoms with van der Waals surface area (Å²) >= 11 is 0. The number of anilines is 1. The summed E-state index contributed by atoms with van der Waals surface area (Å²) in [6.45, 7) is 11.8. The monoisotopic (exact) mass is 395 g/mol. The number of aromatic nitrogens is 1. The van der Waals surface area contributed by atoms with Crippen molar-refractivity contribution in [1.82, 2.24) is 20.1 Å². The Bertz CT molecular complexity index is 780. The topological polar surface area (TPSA) is 51.7 Å². The van der Waals surface area contributed by atoms with Gasteiger partial charge in [-0.05, 0) is 43.9 Å². The number of nitrogens with zero attached hydrogens (tertiary/aromatic N) is 4. The van der Waals surface area contributed by atoms with Crippen LogP contribution >= 0.6 is 0 Å². The molecule has 1 amide bonds. The quantitative estimate of drug-likeness (QED) is 0.745. The highest BCUT2D eigenvalue weighted by Gasteiger charge is 2.18. The highest BCUT2D eigenvalue weighted by Crippen LogP contribution is 2.19. The number of carbonyl (C=O) groups excluding carboxylic acids is 1. The molecule has 1 fully saturated rings. The van der Waals surface area contributed by atoms with Crippen molar-refractivity contribution in [3.8, 4) is 0 Å². The fourth-order valence-electron chi connectivity index (χ4n) is 3.62. The summed E-state index contributed by atoms with van der Waals surface area (Å²) in [6, 6.07) is 11.9. The lowest BCUT2D eigenvalue weighted by Crippen LogP contribution is -2.45. The van der Waals surface area contributed by atoms with Gasteiger partial charge in [0.25, 0.3) is 5.91 Å². The molecule has 1 aliphatic heterocycles. The van der Waals surface area contributed by atoms with E-state index >= 15 is 0 Å². The van der Waals surface area contributed by atoms with E-state index in [4.69, 9.17) is 0 Å². The van der Waals surface area contributed by atoms with Gasteiger partial charge in [-0.3, -0.25) is 9.69 Å². The molecule has 1 aromatic heterocycles. The van der Waals surface area contributed by atoms with Gasteiger partial charge in [0.05, 0.1) is 0 Å². The zero-order chi connectivity index (χ0) is 20.6. The third kappa shape index (κ3) is 5.78. The second-order valence-electron chi connectivity index (χ2n) is 7.62. The summed E-state index contributed by atoms with van der Waals surface area (Å²) in [5.41, 5.74) is 2.98. The number of rotatable bonds is 8. The van der Waals surface area contributed by atoms with Crippen molar-refractivity contribution in [1.29, 1.82) is 0 Å². The number of nitrogens with one attached hydrogen (secondary N) is 1. The molecule has 1 aromatic carbocycles. The molecular formula is C23H33N5O. The highest BCUT2D eigenvalue weighted by atomic mass is 16.1. The first-order chi connectivity index (χ1) is 14.1. The van der Waals surface area contributed by atoms with Crippen molar-refractivity contribution in [3.63, 3.8) is 0 Å². The van der Waals surface area contributed by atoms with E-state index in [0.29, 0.717) is 12.1 Å². The van der Waals surface area contributed by atoms with Gasteiger partial charge < -0.3 is 15.1 Å². The van der Waals surface area contributed by atoms with Gasteiger partial charge in [-0.1, -0.05) is 32.0 Å². The van der Waals surface area contributed by atoms with Gasteiger partial charge in [-0.25, -0.2) is 4.98 Å². The number of hydrogen-bond acceptors (Lipinski definition) is 5. The molecule has 1 saturated heterocycles. The summed E-state index contributed by atoms with van der Waals surface area (Å²) in [4.78, 5) is 24.2. The zero-order valence-corrected chi connectivity index (χ0v) is 17.9. The summed E-state index contributed by atoms with van der Waals surface area (Å²) in [5, 5.41) is 3.06. The van der Waals surface area contributed by atoms with E-state index in [1.165, 1.54) is 5.56 Å². The maximum Gasteiger partial charge on any atom is 0.251 e. The molecule has 0 bridgehead atoms. The molecular weight excluding hydrogens is 362 g/mol. The largest absolute Gasteiger partial charge is 0.354 e. The van der Waals surface area contributed by atoms with Crippen LogP contribution in [0.3, 0.4) is 0 Å². The van der Waals surface area contributed by atoms with E-state index in [-0.39, 0.29) is 5.91 Å². The minimum atomic E-state index is -0.0485. The van der Waals surface area contributed by atoms with Gasteiger partial charge in [0.2, 0.25) is 0 Å². The minimum Gasteiger partial charge on any atom is -0.354 e. The van der Waals surface area contributed by atoms with E-state index in [1.54, 1.807) is 0 Å².